The second-order valence-corrected chi connectivity index (χ2v) is 3.65. The summed E-state index contributed by atoms with van der Waals surface area (Å²) in [5, 5.41) is 6.83. The molecule has 1 rings (SSSR count). The van der Waals surface area contributed by atoms with Crippen LogP contribution in [0.4, 0.5) is 0 Å². The Kier molecular flexibility index (Phi) is 5.24. The predicted octanol–water partition coefficient (Wildman–Crippen LogP) is 0.0279. The second-order valence-electron chi connectivity index (χ2n) is 3.65. The first-order chi connectivity index (χ1) is 8.19. The highest BCUT2D eigenvalue weighted by Gasteiger charge is 2.02. The van der Waals surface area contributed by atoms with Gasteiger partial charge in [0.2, 0.25) is 5.91 Å². The van der Waals surface area contributed by atoms with Gasteiger partial charge >= 0.3 is 0 Å². The molecule has 0 aliphatic heterocycles. The average molecular weight is 234 g/mol. The zero-order chi connectivity index (χ0) is 12.7. The van der Waals surface area contributed by atoms with E-state index in [4.69, 9.17) is 5.73 Å². The van der Waals surface area contributed by atoms with Crippen molar-refractivity contribution in [1.82, 2.24) is 15.1 Å². The lowest BCUT2D eigenvalue weighted by Crippen LogP contribution is -2.30. The summed E-state index contributed by atoms with van der Waals surface area (Å²) < 4.78 is 1.93. The SMILES string of the molecule is CCCn1ncc(C#CCNC(=O)CN)c1C. The fraction of sp³-hybridized carbons (Fsp3) is 0.500. The van der Waals surface area contributed by atoms with Crippen molar-refractivity contribution in [1.29, 1.82) is 0 Å². The van der Waals surface area contributed by atoms with Crippen molar-refractivity contribution in [2.75, 3.05) is 13.1 Å². The lowest BCUT2D eigenvalue weighted by molar-refractivity contribution is -0.119. The summed E-state index contributed by atoms with van der Waals surface area (Å²) >= 11 is 0. The molecule has 0 radical (unpaired) electrons. The Bertz CT molecular complexity index is 439. The maximum absolute atomic E-state index is 10.9. The minimum absolute atomic E-state index is 0.00482. The van der Waals surface area contributed by atoms with E-state index >= 15 is 0 Å². The van der Waals surface area contributed by atoms with Gasteiger partial charge in [-0.2, -0.15) is 5.10 Å². The first-order valence-electron chi connectivity index (χ1n) is 5.67. The summed E-state index contributed by atoms with van der Waals surface area (Å²) in [6.07, 6.45) is 2.80. The topological polar surface area (TPSA) is 72.9 Å². The average Bonchev–Trinajstić information content (AvgIpc) is 2.67. The van der Waals surface area contributed by atoms with Crippen LogP contribution in [-0.2, 0) is 11.3 Å². The maximum Gasteiger partial charge on any atom is 0.234 e. The van der Waals surface area contributed by atoms with E-state index in [2.05, 4.69) is 29.2 Å². The quantitative estimate of drug-likeness (QED) is 0.722. The van der Waals surface area contributed by atoms with Crippen LogP contribution in [0.3, 0.4) is 0 Å². The third kappa shape index (κ3) is 3.93. The number of hydrogen-bond donors (Lipinski definition) is 2. The normalized spacial score (nSPS) is 9.59. The Morgan fingerprint density at radius 3 is 3.06 bits per heavy atom. The van der Waals surface area contributed by atoms with Gasteiger partial charge in [-0.25, -0.2) is 0 Å². The standard InChI is InChI=1S/C12H18N4O/c1-3-7-16-10(2)11(9-15-16)5-4-6-14-12(17)8-13/h9H,3,6-8,13H2,1-2H3,(H,14,17). The van der Waals surface area contributed by atoms with Crippen LogP contribution in [0, 0.1) is 18.8 Å². The highest BCUT2D eigenvalue weighted by Crippen LogP contribution is 2.05. The van der Waals surface area contributed by atoms with Gasteiger partial charge in [-0.1, -0.05) is 18.8 Å². The van der Waals surface area contributed by atoms with E-state index in [1.54, 1.807) is 6.20 Å². The summed E-state index contributed by atoms with van der Waals surface area (Å²) in [6, 6.07) is 0. The molecule has 0 spiro atoms. The van der Waals surface area contributed by atoms with E-state index in [0.29, 0.717) is 6.54 Å². The Morgan fingerprint density at radius 1 is 1.65 bits per heavy atom. The van der Waals surface area contributed by atoms with Crippen LogP contribution in [0.15, 0.2) is 6.20 Å². The summed E-state index contributed by atoms with van der Waals surface area (Å²) in [4.78, 5) is 10.9. The molecular formula is C12H18N4O. The molecule has 0 fully saturated rings. The van der Waals surface area contributed by atoms with Crippen LogP contribution in [0.5, 0.6) is 0 Å². The van der Waals surface area contributed by atoms with E-state index in [0.717, 1.165) is 24.2 Å². The Hall–Kier alpha value is -1.80. The van der Waals surface area contributed by atoms with Crippen LogP contribution < -0.4 is 11.1 Å². The van der Waals surface area contributed by atoms with Crippen LogP contribution in [0.1, 0.15) is 24.6 Å². The van der Waals surface area contributed by atoms with E-state index in [1.807, 2.05) is 11.6 Å². The third-order valence-corrected chi connectivity index (χ3v) is 2.32. The number of hydrogen-bond acceptors (Lipinski definition) is 3. The van der Waals surface area contributed by atoms with Crippen molar-refractivity contribution in [2.24, 2.45) is 5.73 Å². The van der Waals surface area contributed by atoms with Gasteiger partial charge in [0.1, 0.15) is 0 Å². The van der Waals surface area contributed by atoms with Crippen molar-refractivity contribution in [2.45, 2.75) is 26.8 Å². The summed E-state index contributed by atoms with van der Waals surface area (Å²) in [5.41, 5.74) is 7.12. The molecule has 1 heterocycles. The Labute approximate surface area is 101 Å². The van der Waals surface area contributed by atoms with Crippen LogP contribution >= 0.6 is 0 Å². The molecule has 5 nitrogen and oxygen atoms in total. The molecule has 0 atom stereocenters. The molecular weight excluding hydrogens is 216 g/mol. The van der Waals surface area contributed by atoms with E-state index in [-0.39, 0.29) is 12.5 Å². The molecule has 0 saturated carbocycles. The number of carbonyl (C=O) groups excluding carboxylic acids is 1. The minimum atomic E-state index is -0.197. The van der Waals surface area contributed by atoms with Crippen molar-refractivity contribution in [3.63, 3.8) is 0 Å². The molecule has 3 N–H and O–H groups in total. The molecule has 0 aromatic carbocycles. The fourth-order valence-electron chi connectivity index (χ4n) is 1.36. The van der Waals surface area contributed by atoms with Crippen molar-refractivity contribution in [3.05, 3.63) is 17.5 Å². The number of aromatic nitrogens is 2. The smallest absolute Gasteiger partial charge is 0.234 e. The number of nitrogens with two attached hydrogens (primary N) is 1. The molecule has 0 aliphatic carbocycles. The van der Waals surface area contributed by atoms with Crippen molar-refractivity contribution >= 4 is 5.91 Å². The number of rotatable bonds is 4. The maximum atomic E-state index is 10.9. The van der Waals surface area contributed by atoms with Crippen LogP contribution in [0.25, 0.3) is 0 Å². The minimum Gasteiger partial charge on any atom is -0.344 e. The largest absolute Gasteiger partial charge is 0.344 e. The number of carbonyl (C=O) groups is 1. The molecule has 92 valence electrons. The molecule has 1 aromatic heterocycles. The number of amides is 1. The predicted molar refractivity (Wildman–Crippen MR) is 66.2 cm³/mol. The van der Waals surface area contributed by atoms with Gasteiger partial charge in [0.05, 0.1) is 30.5 Å². The van der Waals surface area contributed by atoms with E-state index < -0.39 is 0 Å². The highest BCUT2D eigenvalue weighted by molar-refractivity contribution is 5.77. The molecule has 0 bridgehead atoms. The van der Waals surface area contributed by atoms with E-state index in [1.165, 1.54) is 0 Å². The molecule has 17 heavy (non-hydrogen) atoms. The highest BCUT2D eigenvalue weighted by atomic mass is 16.1. The third-order valence-electron chi connectivity index (χ3n) is 2.32. The Balaban J connectivity index is 2.57. The van der Waals surface area contributed by atoms with Gasteiger partial charge in [-0.3, -0.25) is 9.48 Å². The van der Waals surface area contributed by atoms with Gasteiger partial charge in [-0.05, 0) is 13.3 Å². The van der Waals surface area contributed by atoms with Crippen LogP contribution in [0.2, 0.25) is 0 Å². The molecule has 0 unspecified atom stereocenters. The van der Waals surface area contributed by atoms with Crippen molar-refractivity contribution in [3.8, 4) is 11.8 Å². The van der Waals surface area contributed by atoms with E-state index in [9.17, 15) is 4.79 Å². The number of nitrogens with one attached hydrogen (secondary N) is 1. The van der Waals surface area contributed by atoms with Gasteiger partial charge in [0.15, 0.2) is 0 Å². The molecule has 0 aliphatic rings. The van der Waals surface area contributed by atoms with Gasteiger partial charge < -0.3 is 11.1 Å². The summed E-state index contributed by atoms with van der Waals surface area (Å²) in [6.45, 7) is 5.31. The fourth-order valence-corrected chi connectivity index (χ4v) is 1.36. The lowest BCUT2D eigenvalue weighted by Gasteiger charge is -2.00. The molecule has 5 heteroatoms. The number of nitrogens with zero attached hydrogens (tertiary/aromatic N) is 2. The van der Waals surface area contributed by atoms with Gasteiger partial charge in [0, 0.05) is 6.54 Å². The first-order valence-corrected chi connectivity index (χ1v) is 5.67. The first kappa shape index (κ1) is 13.3. The monoisotopic (exact) mass is 234 g/mol. The van der Waals surface area contributed by atoms with Gasteiger partial charge in [0.25, 0.3) is 0 Å². The summed E-state index contributed by atoms with van der Waals surface area (Å²) in [5.74, 6) is 5.66. The van der Waals surface area contributed by atoms with Crippen molar-refractivity contribution < 1.29 is 4.79 Å². The Morgan fingerprint density at radius 2 is 2.41 bits per heavy atom. The number of aryl methyl sites for hydroxylation is 1. The molecule has 1 amide bonds. The molecule has 0 saturated heterocycles. The zero-order valence-corrected chi connectivity index (χ0v) is 10.3. The van der Waals surface area contributed by atoms with Gasteiger partial charge in [-0.15, -0.1) is 0 Å². The molecule has 1 aromatic rings. The van der Waals surface area contributed by atoms with Crippen LogP contribution in [-0.4, -0.2) is 28.8 Å². The second kappa shape index (κ2) is 6.71. The summed E-state index contributed by atoms with van der Waals surface area (Å²) in [7, 11) is 0. The zero-order valence-electron chi connectivity index (χ0n) is 10.3. The lowest BCUT2D eigenvalue weighted by atomic mass is 10.2.